The number of aromatic nitrogens is 2. The number of hydrogen-bond donors (Lipinski definition) is 2. The standard InChI is InChI=1S/C18H11Cl2N3O2S/c19-9-5-6-13-11(7-9)15(10-3-1-2-4-12(10)20)21-8-14-16(17(24)25)22-18(26)23(13)14/h1-7H,8H2,(H,22,26)(H,24,25). The second-order valence-electron chi connectivity index (χ2n) is 5.70. The van der Waals surface area contributed by atoms with Gasteiger partial charge in [-0.05, 0) is 36.5 Å². The van der Waals surface area contributed by atoms with Crippen molar-refractivity contribution >= 4 is 47.1 Å². The van der Waals surface area contributed by atoms with Crippen LogP contribution in [0.25, 0.3) is 5.69 Å². The minimum atomic E-state index is -1.09. The minimum Gasteiger partial charge on any atom is -0.477 e. The molecule has 4 rings (SSSR count). The Balaban J connectivity index is 2.07. The third kappa shape index (κ3) is 2.67. The number of aromatic carboxylic acids is 1. The molecule has 26 heavy (non-hydrogen) atoms. The number of hydrogen-bond acceptors (Lipinski definition) is 3. The van der Waals surface area contributed by atoms with E-state index < -0.39 is 5.97 Å². The van der Waals surface area contributed by atoms with Crippen LogP contribution in [0.5, 0.6) is 0 Å². The van der Waals surface area contributed by atoms with Crippen molar-refractivity contribution in [3.63, 3.8) is 0 Å². The molecule has 2 heterocycles. The summed E-state index contributed by atoms with van der Waals surface area (Å²) < 4.78 is 1.98. The van der Waals surface area contributed by atoms with E-state index in [9.17, 15) is 9.90 Å². The van der Waals surface area contributed by atoms with E-state index in [4.69, 9.17) is 35.4 Å². The third-order valence-corrected chi connectivity index (χ3v) is 5.03. The van der Waals surface area contributed by atoms with Crippen LogP contribution in [-0.4, -0.2) is 26.3 Å². The van der Waals surface area contributed by atoms with Gasteiger partial charge in [-0.3, -0.25) is 9.56 Å². The zero-order chi connectivity index (χ0) is 18.4. The fraction of sp³-hybridized carbons (Fsp3) is 0.0556. The van der Waals surface area contributed by atoms with E-state index >= 15 is 0 Å². The maximum atomic E-state index is 11.6. The predicted octanol–water partition coefficient (Wildman–Crippen LogP) is 4.89. The molecule has 2 aromatic carbocycles. The van der Waals surface area contributed by atoms with Gasteiger partial charge >= 0.3 is 5.97 Å². The number of H-pyrrole nitrogens is 1. The largest absolute Gasteiger partial charge is 0.477 e. The predicted molar refractivity (Wildman–Crippen MR) is 104 cm³/mol. The third-order valence-electron chi connectivity index (χ3n) is 4.18. The van der Waals surface area contributed by atoms with Gasteiger partial charge < -0.3 is 10.1 Å². The van der Waals surface area contributed by atoms with Crippen molar-refractivity contribution < 1.29 is 9.90 Å². The molecule has 0 saturated heterocycles. The highest BCUT2D eigenvalue weighted by atomic mass is 35.5. The van der Waals surface area contributed by atoms with Crippen LogP contribution >= 0.6 is 35.4 Å². The maximum absolute atomic E-state index is 11.6. The molecule has 0 atom stereocenters. The summed E-state index contributed by atoms with van der Waals surface area (Å²) in [5, 5.41) is 10.6. The molecule has 0 aliphatic carbocycles. The highest BCUT2D eigenvalue weighted by molar-refractivity contribution is 7.71. The zero-order valence-corrected chi connectivity index (χ0v) is 15.5. The Morgan fingerprint density at radius 1 is 1.19 bits per heavy atom. The van der Waals surface area contributed by atoms with Gasteiger partial charge in [0.25, 0.3) is 0 Å². The van der Waals surface area contributed by atoms with Crippen LogP contribution < -0.4 is 0 Å². The van der Waals surface area contributed by atoms with Crippen LogP contribution in [0.15, 0.2) is 47.5 Å². The van der Waals surface area contributed by atoms with Crippen molar-refractivity contribution in [3.8, 4) is 5.69 Å². The van der Waals surface area contributed by atoms with Crippen LogP contribution in [0.3, 0.4) is 0 Å². The SMILES string of the molecule is O=C(O)c1[nH]c(=S)n2c1CN=C(c1ccccc1Cl)c1cc(Cl)ccc1-2. The number of carbonyl (C=O) groups is 1. The molecular weight excluding hydrogens is 393 g/mol. The van der Waals surface area contributed by atoms with Gasteiger partial charge in [0.1, 0.15) is 5.69 Å². The first kappa shape index (κ1) is 17.0. The topological polar surface area (TPSA) is 70.4 Å². The number of aromatic amines is 1. The van der Waals surface area contributed by atoms with Crippen molar-refractivity contribution in [1.82, 2.24) is 9.55 Å². The molecule has 0 bridgehead atoms. The molecule has 3 aromatic rings. The summed E-state index contributed by atoms with van der Waals surface area (Å²) in [6.45, 7) is 0.141. The smallest absolute Gasteiger partial charge is 0.354 e. The summed E-state index contributed by atoms with van der Waals surface area (Å²) in [4.78, 5) is 19.0. The van der Waals surface area contributed by atoms with Gasteiger partial charge in [0.15, 0.2) is 4.77 Å². The van der Waals surface area contributed by atoms with Gasteiger partial charge in [-0.15, -0.1) is 0 Å². The first-order chi connectivity index (χ1) is 12.5. The highest BCUT2D eigenvalue weighted by Gasteiger charge is 2.25. The Labute approximate surface area is 163 Å². The summed E-state index contributed by atoms with van der Waals surface area (Å²) in [7, 11) is 0. The molecule has 0 saturated carbocycles. The van der Waals surface area contributed by atoms with Crippen LogP contribution in [0.1, 0.15) is 27.3 Å². The van der Waals surface area contributed by atoms with Crippen molar-refractivity contribution in [2.75, 3.05) is 0 Å². The minimum absolute atomic E-state index is 0.0278. The highest BCUT2D eigenvalue weighted by Crippen LogP contribution is 2.31. The normalized spacial score (nSPS) is 12.8. The van der Waals surface area contributed by atoms with E-state index in [1.54, 1.807) is 28.8 Å². The fourth-order valence-corrected chi connectivity index (χ4v) is 3.77. The van der Waals surface area contributed by atoms with E-state index in [-0.39, 0.29) is 17.0 Å². The molecule has 8 heteroatoms. The van der Waals surface area contributed by atoms with Crippen LogP contribution in [0.2, 0.25) is 10.0 Å². The molecule has 0 amide bonds. The van der Waals surface area contributed by atoms with Crippen LogP contribution in [0, 0.1) is 4.77 Å². The molecule has 0 spiro atoms. The fourth-order valence-electron chi connectivity index (χ4n) is 3.07. The Morgan fingerprint density at radius 3 is 2.69 bits per heavy atom. The lowest BCUT2D eigenvalue weighted by molar-refractivity contribution is 0.0689. The maximum Gasteiger partial charge on any atom is 0.354 e. The number of benzene rings is 2. The molecule has 5 nitrogen and oxygen atoms in total. The zero-order valence-electron chi connectivity index (χ0n) is 13.2. The summed E-state index contributed by atoms with van der Waals surface area (Å²) in [6, 6.07) is 12.7. The van der Waals surface area contributed by atoms with Crippen LogP contribution in [-0.2, 0) is 6.54 Å². The summed E-state index contributed by atoms with van der Waals surface area (Å²) in [5.74, 6) is -1.09. The lowest BCUT2D eigenvalue weighted by atomic mass is 10.0. The van der Waals surface area contributed by atoms with Gasteiger partial charge in [-0.1, -0.05) is 41.4 Å². The van der Waals surface area contributed by atoms with Gasteiger partial charge in [-0.25, -0.2) is 4.79 Å². The van der Waals surface area contributed by atoms with Gasteiger partial charge in [0.2, 0.25) is 0 Å². The lowest BCUT2D eigenvalue weighted by Crippen LogP contribution is -2.08. The van der Waals surface area contributed by atoms with E-state index in [1.807, 2.05) is 18.2 Å². The van der Waals surface area contributed by atoms with Crippen molar-refractivity contribution in [2.45, 2.75) is 6.54 Å². The second-order valence-corrected chi connectivity index (χ2v) is 6.93. The van der Waals surface area contributed by atoms with Crippen LogP contribution in [0.4, 0.5) is 0 Å². The van der Waals surface area contributed by atoms with Gasteiger partial charge in [-0.2, -0.15) is 0 Å². The van der Waals surface area contributed by atoms with E-state index in [0.29, 0.717) is 27.1 Å². The second kappa shape index (κ2) is 6.39. The summed E-state index contributed by atoms with van der Waals surface area (Å²) in [6.07, 6.45) is 0. The molecule has 1 aliphatic heterocycles. The molecule has 0 unspecified atom stereocenters. The van der Waals surface area contributed by atoms with Crippen molar-refractivity contribution in [3.05, 3.63) is 79.8 Å². The lowest BCUT2D eigenvalue weighted by Gasteiger charge is -2.13. The number of rotatable bonds is 2. The number of fused-ring (bicyclic) bond motifs is 3. The Kier molecular flexibility index (Phi) is 4.19. The quantitative estimate of drug-likeness (QED) is 0.598. The number of imidazole rings is 1. The van der Waals surface area contributed by atoms with Gasteiger partial charge in [0, 0.05) is 21.2 Å². The molecule has 130 valence electrons. The van der Waals surface area contributed by atoms with Crippen molar-refractivity contribution in [2.24, 2.45) is 4.99 Å². The first-order valence-electron chi connectivity index (χ1n) is 7.64. The number of aliphatic imine (C=N–C) groups is 1. The molecule has 0 radical (unpaired) electrons. The Hall–Kier alpha value is -2.41. The number of halogens is 2. The number of nitrogens with zero attached hydrogens (tertiary/aromatic N) is 2. The molecule has 2 N–H and O–H groups in total. The van der Waals surface area contributed by atoms with Gasteiger partial charge in [0.05, 0.1) is 23.6 Å². The van der Waals surface area contributed by atoms with Crippen molar-refractivity contribution in [1.29, 1.82) is 0 Å². The van der Waals surface area contributed by atoms with E-state index in [1.165, 1.54) is 0 Å². The Morgan fingerprint density at radius 2 is 1.96 bits per heavy atom. The molecule has 1 aromatic heterocycles. The Bertz CT molecular complexity index is 1150. The molecule has 0 fully saturated rings. The number of nitrogens with one attached hydrogen (secondary N) is 1. The summed E-state index contributed by atoms with van der Waals surface area (Å²) in [5.41, 5.74) is 3.33. The van der Waals surface area contributed by atoms with E-state index in [2.05, 4.69) is 9.98 Å². The summed E-state index contributed by atoms with van der Waals surface area (Å²) >= 11 is 18.0. The monoisotopic (exact) mass is 403 g/mol. The average molecular weight is 404 g/mol. The number of carboxylic acids is 1. The van der Waals surface area contributed by atoms with E-state index in [0.717, 1.165) is 11.1 Å². The average Bonchev–Trinajstić information content (AvgIpc) is 2.84. The first-order valence-corrected chi connectivity index (χ1v) is 8.80. The number of carboxylic acid groups (broad SMARTS) is 1. The molecular formula is C18H11Cl2N3O2S. The molecule has 1 aliphatic rings.